The molecule has 2 aromatic carbocycles. The van der Waals surface area contributed by atoms with Gasteiger partial charge in [0.1, 0.15) is 6.61 Å². The molecule has 0 saturated carbocycles. The van der Waals surface area contributed by atoms with Gasteiger partial charge in [-0.05, 0) is 87.2 Å². The summed E-state index contributed by atoms with van der Waals surface area (Å²) in [5.41, 5.74) is 4.02. The lowest BCUT2D eigenvalue weighted by Gasteiger charge is -2.10. The zero-order chi connectivity index (χ0) is 27.2. The Hall–Kier alpha value is -4.06. The maximum atomic E-state index is 12.3. The highest BCUT2D eigenvalue weighted by Gasteiger charge is 2.07. The Balaban J connectivity index is 1.91. The minimum absolute atomic E-state index is 0.0141. The van der Waals surface area contributed by atoms with Gasteiger partial charge < -0.3 is 19.3 Å². The Bertz CT molecular complexity index is 1200. The van der Waals surface area contributed by atoms with Gasteiger partial charge in [-0.25, -0.2) is 0 Å². The number of allylic oxidation sites excluding steroid dienone is 5. The molecule has 0 atom stereocenters. The van der Waals surface area contributed by atoms with Gasteiger partial charge in [-0.2, -0.15) is 0 Å². The molecule has 0 fully saturated rings. The highest BCUT2D eigenvalue weighted by Crippen LogP contribution is 2.29. The van der Waals surface area contributed by atoms with E-state index < -0.39 is 0 Å². The van der Waals surface area contributed by atoms with Crippen LogP contribution in [0.25, 0.3) is 12.2 Å². The highest BCUT2D eigenvalue weighted by atomic mass is 16.5. The van der Waals surface area contributed by atoms with Gasteiger partial charge in [0.05, 0.1) is 20.6 Å². The first kappa shape index (κ1) is 29.2. The minimum Gasteiger partial charge on any atom is -0.504 e. The van der Waals surface area contributed by atoms with E-state index in [1.165, 1.54) is 36.5 Å². The van der Waals surface area contributed by atoms with Crippen molar-refractivity contribution in [3.8, 4) is 23.0 Å². The van der Waals surface area contributed by atoms with Crippen LogP contribution in [0.2, 0.25) is 0 Å². The lowest BCUT2D eigenvalue weighted by Crippen LogP contribution is -2.02. The zero-order valence-electron chi connectivity index (χ0n) is 22.2. The van der Waals surface area contributed by atoms with Crippen molar-refractivity contribution in [1.82, 2.24) is 0 Å². The van der Waals surface area contributed by atoms with E-state index in [0.717, 1.165) is 18.4 Å². The Labute approximate surface area is 219 Å². The second-order valence-electron chi connectivity index (χ2n) is 8.80. The molecular weight excluding hydrogens is 468 g/mol. The smallest absolute Gasteiger partial charge is 0.163 e. The molecule has 37 heavy (non-hydrogen) atoms. The first-order valence-electron chi connectivity index (χ1n) is 12.1. The summed E-state index contributed by atoms with van der Waals surface area (Å²) < 4.78 is 16.4. The van der Waals surface area contributed by atoms with Crippen molar-refractivity contribution in [2.24, 2.45) is 0 Å². The van der Waals surface area contributed by atoms with E-state index in [4.69, 9.17) is 14.2 Å². The molecule has 0 bridgehead atoms. The van der Waals surface area contributed by atoms with Crippen LogP contribution >= 0.6 is 0 Å². The predicted octanol–water partition coefficient (Wildman–Crippen LogP) is 6.74. The summed E-state index contributed by atoms with van der Waals surface area (Å²) in [6.07, 6.45) is 12.0. The van der Waals surface area contributed by atoms with Crippen molar-refractivity contribution in [1.29, 1.82) is 0 Å². The number of carbonyl (C=O) groups excluding carboxylic acids is 2. The molecule has 6 heteroatoms. The maximum Gasteiger partial charge on any atom is 0.163 e. The molecule has 0 spiro atoms. The number of benzene rings is 2. The topological polar surface area (TPSA) is 82.1 Å². The van der Waals surface area contributed by atoms with E-state index >= 15 is 0 Å². The first-order chi connectivity index (χ1) is 17.7. The molecule has 0 radical (unpaired) electrons. The van der Waals surface area contributed by atoms with Crippen LogP contribution in [-0.4, -0.2) is 37.5 Å². The Morgan fingerprint density at radius 3 is 2.00 bits per heavy atom. The SMILES string of the molecule is COc1cc(/C=C/C(=O)CC(=O)/C=C/c2ccc(OC/C=C(\C)CCC=C(C)C)c(OC)c2)ccc1O. The van der Waals surface area contributed by atoms with Gasteiger partial charge in [0.15, 0.2) is 34.6 Å². The van der Waals surface area contributed by atoms with Crippen molar-refractivity contribution in [2.75, 3.05) is 20.8 Å². The zero-order valence-corrected chi connectivity index (χ0v) is 22.2. The number of hydrogen-bond donors (Lipinski definition) is 1. The van der Waals surface area contributed by atoms with Crippen LogP contribution in [0.5, 0.6) is 23.0 Å². The van der Waals surface area contributed by atoms with E-state index in [-0.39, 0.29) is 23.7 Å². The fourth-order valence-electron chi connectivity index (χ4n) is 3.34. The van der Waals surface area contributed by atoms with Crippen LogP contribution in [0, 0.1) is 0 Å². The number of ketones is 2. The van der Waals surface area contributed by atoms with E-state index in [9.17, 15) is 14.7 Å². The van der Waals surface area contributed by atoms with E-state index in [0.29, 0.717) is 29.4 Å². The highest BCUT2D eigenvalue weighted by molar-refractivity contribution is 6.10. The summed E-state index contributed by atoms with van der Waals surface area (Å²) >= 11 is 0. The Morgan fingerprint density at radius 2 is 1.41 bits per heavy atom. The lowest BCUT2D eigenvalue weighted by atomic mass is 10.1. The molecule has 2 rings (SSSR count). The van der Waals surface area contributed by atoms with Crippen LogP contribution < -0.4 is 14.2 Å². The minimum atomic E-state index is -0.327. The maximum absolute atomic E-state index is 12.3. The van der Waals surface area contributed by atoms with Gasteiger partial charge in [-0.15, -0.1) is 0 Å². The van der Waals surface area contributed by atoms with Crippen LogP contribution in [-0.2, 0) is 9.59 Å². The monoisotopic (exact) mass is 504 g/mol. The number of carbonyl (C=O) groups is 2. The molecule has 6 nitrogen and oxygen atoms in total. The molecule has 1 N–H and O–H groups in total. The molecule has 0 aliphatic rings. The third kappa shape index (κ3) is 10.6. The number of phenolic OH excluding ortho intramolecular Hbond substituents is 1. The average molecular weight is 505 g/mol. The van der Waals surface area contributed by atoms with Gasteiger partial charge in [-0.3, -0.25) is 9.59 Å². The number of hydrogen-bond acceptors (Lipinski definition) is 6. The fourth-order valence-corrected chi connectivity index (χ4v) is 3.34. The number of rotatable bonds is 14. The van der Waals surface area contributed by atoms with E-state index in [1.807, 2.05) is 6.07 Å². The number of methoxy groups -OCH3 is 2. The van der Waals surface area contributed by atoms with Crippen molar-refractivity contribution in [3.05, 3.63) is 83.0 Å². The van der Waals surface area contributed by atoms with Gasteiger partial charge in [0.25, 0.3) is 0 Å². The number of phenols is 1. The van der Waals surface area contributed by atoms with Crippen molar-refractivity contribution < 1.29 is 28.9 Å². The summed E-state index contributed by atoms with van der Waals surface area (Å²) in [5.74, 6) is 0.861. The summed E-state index contributed by atoms with van der Waals surface area (Å²) in [5, 5.41) is 9.64. The number of ether oxygens (including phenoxy) is 3. The van der Waals surface area contributed by atoms with Gasteiger partial charge in [0.2, 0.25) is 0 Å². The van der Waals surface area contributed by atoms with Crippen molar-refractivity contribution >= 4 is 23.7 Å². The van der Waals surface area contributed by atoms with Crippen LogP contribution in [0.1, 0.15) is 51.2 Å². The summed E-state index contributed by atoms with van der Waals surface area (Å²) in [7, 11) is 3.01. The fraction of sp³-hybridized carbons (Fsp3) is 0.290. The average Bonchev–Trinajstić information content (AvgIpc) is 2.87. The number of aromatic hydroxyl groups is 1. The van der Waals surface area contributed by atoms with Gasteiger partial charge in [-0.1, -0.05) is 41.5 Å². The van der Waals surface area contributed by atoms with Crippen LogP contribution in [0.3, 0.4) is 0 Å². The van der Waals surface area contributed by atoms with Crippen LogP contribution in [0.15, 0.2) is 71.8 Å². The molecular formula is C31H36O6. The molecule has 0 aliphatic heterocycles. The summed E-state index contributed by atoms with van der Waals surface area (Å²) in [6.45, 7) is 6.73. The molecule has 0 amide bonds. The third-order valence-electron chi connectivity index (χ3n) is 5.43. The standard InChI is InChI=1S/C31H36O6/c1-22(2)7-6-8-23(3)17-18-37-29-16-12-25(20-31(29)36-5)10-14-27(33)21-26(32)13-9-24-11-15-28(34)30(19-24)35-4/h7,9-17,19-20,34H,6,8,18,21H2,1-5H3/b13-9+,14-10+,23-17+. The largest absolute Gasteiger partial charge is 0.504 e. The van der Waals surface area contributed by atoms with E-state index in [1.54, 1.807) is 43.5 Å². The third-order valence-corrected chi connectivity index (χ3v) is 5.43. The van der Waals surface area contributed by atoms with Crippen molar-refractivity contribution in [2.45, 2.75) is 40.0 Å². The second-order valence-corrected chi connectivity index (χ2v) is 8.80. The quantitative estimate of drug-likeness (QED) is 0.174. The second kappa shape index (κ2) is 15.1. The van der Waals surface area contributed by atoms with Gasteiger partial charge >= 0.3 is 0 Å². The molecule has 0 aliphatic carbocycles. The normalized spacial score (nSPS) is 11.5. The van der Waals surface area contributed by atoms with E-state index in [2.05, 4.69) is 32.9 Å². The summed E-state index contributed by atoms with van der Waals surface area (Å²) in [4.78, 5) is 24.4. The van der Waals surface area contributed by atoms with Gasteiger partial charge in [0, 0.05) is 0 Å². The first-order valence-corrected chi connectivity index (χ1v) is 12.1. The van der Waals surface area contributed by atoms with Crippen molar-refractivity contribution in [3.63, 3.8) is 0 Å². The molecule has 0 saturated heterocycles. The molecule has 0 unspecified atom stereocenters. The molecule has 2 aromatic rings. The summed E-state index contributed by atoms with van der Waals surface area (Å²) in [6, 6.07) is 10.1. The Morgan fingerprint density at radius 1 is 0.811 bits per heavy atom. The van der Waals surface area contributed by atoms with Crippen LogP contribution in [0.4, 0.5) is 0 Å². The molecule has 196 valence electrons. The lowest BCUT2D eigenvalue weighted by molar-refractivity contribution is -0.121. The Kier molecular flexibility index (Phi) is 11.9. The predicted molar refractivity (Wildman–Crippen MR) is 148 cm³/mol. The molecule has 0 heterocycles. The molecule has 0 aromatic heterocycles.